The van der Waals surface area contributed by atoms with Crippen molar-refractivity contribution in [1.82, 2.24) is 5.32 Å². The monoisotopic (exact) mass is 322 g/mol. The van der Waals surface area contributed by atoms with Crippen molar-refractivity contribution in [2.75, 3.05) is 31.2 Å². The summed E-state index contributed by atoms with van der Waals surface area (Å²) in [5.41, 5.74) is 1.34. The number of carbonyl (C=O) groups is 3. The topological polar surface area (TPSA) is 84.9 Å². The molecule has 7 nitrogen and oxygen atoms in total. The molecule has 0 fully saturated rings. The first-order valence-corrected chi connectivity index (χ1v) is 7.50. The van der Waals surface area contributed by atoms with Gasteiger partial charge < -0.3 is 14.4 Å². The number of carbonyl (C=O) groups excluding carboxylic acids is 3. The van der Waals surface area contributed by atoms with E-state index in [0.717, 1.165) is 18.8 Å². The van der Waals surface area contributed by atoms with Crippen LogP contribution in [0.4, 0.5) is 10.5 Å². The average molecular weight is 322 g/mol. The van der Waals surface area contributed by atoms with Crippen molar-refractivity contribution >= 4 is 23.7 Å². The molecule has 0 radical (unpaired) electrons. The van der Waals surface area contributed by atoms with Gasteiger partial charge in [-0.05, 0) is 45.0 Å². The maximum atomic E-state index is 11.8. The standard InChI is InChI=1S/C16H22N2O5/c1-4-18(5-2)13-9-7-12(8-10-13)15(20)23-11-14(19)17-16(21)22-6-3/h7-10H,4-6,11H2,1-3H3,(H,17,19,21). The number of benzene rings is 1. The fourth-order valence-corrected chi connectivity index (χ4v) is 1.93. The fraction of sp³-hybridized carbons (Fsp3) is 0.438. The number of imide groups is 1. The van der Waals surface area contributed by atoms with Crippen LogP contribution in [0.15, 0.2) is 24.3 Å². The van der Waals surface area contributed by atoms with E-state index in [2.05, 4.69) is 9.64 Å². The molecule has 0 aliphatic rings. The van der Waals surface area contributed by atoms with Crippen molar-refractivity contribution in [1.29, 1.82) is 0 Å². The molecule has 1 N–H and O–H groups in total. The number of ether oxygens (including phenoxy) is 2. The zero-order valence-corrected chi connectivity index (χ0v) is 13.6. The maximum Gasteiger partial charge on any atom is 0.413 e. The van der Waals surface area contributed by atoms with Crippen LogP contribution in [0.2, 0.25) is 0 Å². The highest BCUT2D eigenvalue weighted by molar-refractivity contribution is 5.95. The average Bonchev–Trinajstić information content (AvgIpc) is 2.54. The Balaban J connectivity index is 2.52. The molecule has 1 rings (SSSR count). The second kappa shape index (κ2) is 9.45. The van der Waals surface area contributed by atoms with Gasteiger partial charge in [-0.3, -0.25) is 10.1 Å². The first kappa shape index (κ1) is 18.5. The van der Waals surface area contributed by atoms with E-state index in [1.165, 1.54) is 0 Å². The lowest BCUT2D eigenvalue weighted by Crippen LogP contribution is -2.34. The van der Waals surface area contributed by atoms with E-state index in [9.17, 15) is 14.4 Å². The first-order valence-electron chi connectivity index (χ1n) is 7.50. The van der Waals surface area contributed by atoms with E-state index >= 15 is 0 Å². The molecule has 126 valence electrons. The van der Waals surface area contributed by atoms with Gasteiger partial charge in [-0.2, -0.15) is 0 Å². The van der Waals surface area contributed by atoms with Gasteiger partial charge in [0, 0.05) is 18.8 Å². The summed E-state index contributed by atoms with van der Waals surface area (Å²) in [4.78, 5) is 36.4. The predicted octanol–water partition coefficient (Wildman–Crippen LogP) is 1.96. The molecule has 0 spiro atoms. The SMILES string of the molecule is CCOC(=O)NC(=O)COC(=O)c1ccc(N(CC)CC)cc1. The smallest absolute Gasteiger partial charge is 0.413 e. The summed E-state index contributed by atoms with van der Waals surface area (Å²) in [7, 11) is 0. The van der Waals surface area contributed by atoms with Crippen molar-refractivity contribution in [2.45, 2.75) is 20.8 Å². The Morgan fingerprint density at radius 3 is 2.13 bits per heavy atom. The van der Waals surface area contributed by atoms with Gasteiger partial charge >= 0.3 is 12.1 Å². The van der Waals surface area contributed by atoms with Crippen LogP contribution >= 0.6 is 0 Å². The highest BCUT2D eigenvalue weighted by Crippen LogP contribution is 2.15. The fourth-order valence-electron chi connectivity index (χ4n) is 1.93. The Labute approximate surface area is 135 Å². The molecule has 0 aliphatic heterocycles. The summed E-state index contributed by atoms with van der Waals surface area (Å²) in [5.74, 6) is -1.37. The highest BCUT2D eigenvalue weighted by Gasteiger charge is 2.13. The van der Waals surface area contributed by atoms with Crippen LogP contribution in [0.1, 0.15) is 31.1 Å². The third kappa shape index (κ3) is 5.98. The molecule has 1 aromatic carbocycles. The molecule has 0 aliphatic carbocycles. The summed E-state index contributed by atoms with van der Waals surface area (Å²) in [6.07, 6.45) is -0.864. The number of rotatable bonds is 7. The molecule has 0 atom stereocenters. The van der Waals surface area contributed by atoms with Crippen LogP contribution in [0.25, 0.3) is 0 Å². The first-order chi connectivity index (χ1) is 11.0. The lowest BCUT2D eigenvalue weighted by molar-refractivity contribution is -0.123. The molecule has 0 bridgehead atoms. The molecule has 23 heavy (non-hydrogen) atoms. The molecule has 2 amide bonds. The van der Waals surface area contributed by atoms with Crippen molar-refractivity contribution in [3.8, 4) is 0 Å². The minimum Gasteiger partial charge on any atom is -0.452 e. The Morgan fingerprint density at radius 1 is 1.00 bits per heavy atom. The van der Waals surface area contributed by atoms with Gasteiger partial charge in [-0.25, -0.2) is 9.59 Å². The van der Waals surface area contributed by atoms with Gasteiger partial charge in [-0.15, -0.1) is 0 Å². The Hall–Kier alpha value is -2.57. The van der Waals surface area contributed by atoms with Crippen LogP contribution in [0.3, 0.4) is 0 Å². The number of esters is 1. The summed E-state index contributed by atoms with van der Waals surface area (Å²) in [5, 5.41) is 1.94. The molecule has 7 heteroatoms. The minimum absolute atomic E-state index is 0.151. The van der Waals surface area contributed by atoms with Crippen molar-refractivity contribution < 1.29 is 23.9 Å². The van der Waals surface area contributed by atoms with E-state index < -0.39 is 24.6 Å². The number of alkyl carbamates (subject to hydrolysis) is 1. The van der Waals surface area contributed by atoms with E-state index in [1.807, 2.05) is 31.3 Å². The summed E-state index contributed by atoms with van der Waals surface area (Å²) >= 11 is 0. The van der Waals surface area contributed by atoms with E-state index in [-0.39, 0.29) is 6.61 Å². The van der Waals surface area contributed by atoms with E-state index in [0.29, 0.717) is 5.56 Å². The molecule has 0 aromatic heterocycles. The molecule has 0 saturated heterocycles. The molecule has 1 aromatic rings. The number of hydrogen-bond acceptors (Lipinski definition) is 6. The van der Waals surface area contributed by atoms with E-state index in [1.54, 1.807) is 19.1 Å². The zero-order chi connectivity index (χ0) is 17.2. The normalized spacial score (nSPS) is 9.87. The number of anilines is 1. The number of amides is 2. The predicted molar refractivity (Wildman–Crippen MR) is 85.5 cm³/mol. The third-order valence-corrected chi connectivity index (χ3v) is 3.08. The lowest BCUT2D eigenvalue weighted by Gasteiger charge is -2.20. The van der Waals surface area contributed by atoms with Crippen LogP contribution in [-0.2, 0) is 14.3 Å². The lowest BCUT2D eigenvalue weighted by atomic mass is 10.2. The largest absolute Gasteiger partial charge is 0.452 e. The highest BCUT2D eigenvalue weighted by atomic mass is 16.6. The molecular formula is C16H22N2O5. The summed E-state index contributed by atoms with van der Waals surface area (Å²) in [6, 6.07) is 6.92. The summed E-state index contributed by atoms with van der Waals surface area (Å²) in [6.45, 7) is 7.06. The Bertz CT molecular complexity index is 538. The maximum absolute atomic E-state index is 11.8. The van der Waals surface area contributed by atoms with Crippen LogP contribution in [0, 0.1) is 0 Å². The number of nitrogens with one attached hydrogen (secondary N) is 1. The van der Waals surface area contributed by atoms with Crippen LogP contribution < -0.4 is 10.2 Å². The minimum atomic E-state index is -0.864. The molecular weight excluding hydrogens is 300 g/mol. The van der Waals surface area contributed by atoms with Gasteiger partial charge in [0.2, 0.25) is 0 Å². The van der Waals surface area contributed by atoms with Crippen LogP contribution in [-0.4, -0.2) is 44.3 Å². The van der Waals surface area contributed by atoms with E-state index in [4.69, 9.17) is 4.74 Å². The molecule has 0 saturated carbocycles. The summed E-state index contributed by atoms with van der Waals surface area (Å²) < 4.78 is 9.39. The van der Waals surface area contributed by atoms with Crippen molar-refractivity contribution in [2.24, 2.45) is 0 Å². The quantitative estimate of drug-likeness (QED) is 0.773. The van der Waals surface area contributed by atoms with Crippen molar-refractivity contribution in [3.63, 3.8) is 0 Å². The van der Waals surface area contributed by atoms with Gasteiger partial charge in [-0.1, -0.05) is 0 Å². The zero-order valence-electron chi connectivity index (χ0n) is 13.6. The van der Waals surface area contributed by atoms with Gasteiger partial charge in [0.25, 0.3) is 5.91 Å². The number of hydrogen-bond donors (Lipinski definition) is 1. The Morgan fingerprint density at radius 2 is 1.61 bits per heavy atom. The number of nitrogens with zero attached hydrogens (tertiary/aromatic N) is 1. The second-order valence-electron chi connectivity index (χ2n) is 4.56. The van der Waals surface area contributed by atoms with Gasteiger partial charge in [0.1, 0.15) is 0 Å². The van der Waals surface area contributed by atoms with Crippen LogP contribution in [0.5, 0.6) is 0 Å². The van der Waals surface area contributed by atoms with Gasteiger partial charge in [0.05, 0.1) is 12.2 Å². The third-order valence-electron chi connectivity index (χ3n) is 3.08. The molecule has 0 unspecified atom stereocenters. The van der Waals surface area contributed by atoms with Gasteiger partial charge in [0.15, 0.2) is 6.61 Å². The van der Waals surface area contributed by atoms with Crippen molar-refractivity contribution in [3.05, 3.63) is 29.8 Å². The molecule has 0 heterocycles. The second-order valence-corrected chi connectivity index (χ2v) is 4.56. The Kier molecular flexibility index (Phi) is 7.59.